The Bertz CT molecular complexity index is 405. The van der Waals surface area contributed by atoms with Gasteiger partial charge in [-0.2, -0.15) is 0 Å². The molecule has 1 fully saturated rings. The third-order valence-electron chi connectivity index (χ3n) is 4.27. The van der Waals surface area contributed by atoms with Gasteiger partial charge in [-0.05, 0) is 44.8 Å². The van der Waals surface area contributed by atoms with E-state index in [0.29, 0.717) is 6.04 Å². The first-order chi connectivity index (χ1) is 10.2. The second-order valence-corrected chi connectivity index (χ2v) is 6.11. The van der Waals surface area contributed by atoms with E-state index >= 15 is 0 Å². The van der Waals surface area contributed by atoms with Crippen LogP contribution in [-0.4, -0.2) is 41.8 Å². The predicted molar refractivity (Wildman–Crippen MR) is 90.0 cm³/mol. The van der Waals surface area contributed by atoms with E-state index in [2.05, 4.69) is 48.4 Å². The molecule has 1 atom stereocenters. The third-order valence-corrected chi connectivity index (χ3v) is 4.27. The van der Waals surface area contributed by atoms with Crippen LogP contribution in [0.1, 0.15) is 52.4 Å². The van der Waals surface area contributed by atoms with Crippen LogP contribution < -0.4 is 5.43 Å². The van der Waals surface area contributed by atoms with Crippen molar-refractivity contribution in [3.63, 3.8) is 0 Å². The molecule has 2 rings (SSSR count). The Morgan fingerprint density at radius 2 is 2.05 bits per heavy atom. The topological polar surface area (TPSA) is 30.9 Å². The maximum absolute atomic E-state index is 4.86. The molecule has 0 aromatic carbocycles. The summed E-state index contributed by atoms with van der Waals surface area (Å²) in [7, 11) is 2.12. The van der Waals surface area contributed by atoms with E-state index in [0.717, 1.165) is 24.6 Å². The van der Waals surface area contributed by atoms with Gasteiger partial charge in [-0.25, -0.2) is 10.0 Å². The van der Waals surface area contributed by atoms with Gasteiger partial charge >= 0.3 is 0 Å². The van der Waals surface area contributed by atoms with Crippen LogP contribution in [0.2, 0.25) is 0 Å². The minimum absolute atomic E-state index is 0.390. The van der Waals surface area contributed by atoms with Gasteiger partial charge in [0.05, 0.1) is 6.04 Å². The Hall–Kier alpha value is -1.29. The number of hydrazine groups is 1. The van der Waals surface area contributed by atoms with E-state index < -0.39 is 0 Å². The van der Waals surface area contributed by atoms with Gasteiger partial charge in [0.25, 0.3) is 0 Å². The Morgan fingerprint density at radius 3 is 2.76 bits per heavy atom. The van der Waals surface area contributed by atoms with Gasteiger partial charge < -0.3 is 10.3 Å². The lowest BCUT2D eigenvalue weighted by Crippen LogP contribution is -2.39. The first-order valence-corrected chi connectivity index (χ1v) is 8.38. The Kier molecular flexibility index (Phi) is 6.30. The maximum Gasteiger partial charge on any atom is 0.126 e. The van der Waals surface area contributed by atoms with Gasteiger partial charge in [0.2, 0.25) is 0 Å². The summed E-state index contributed by atoms with van der Waals surface area (Å²) in [4.78, 5) is 7.32. The summed E-state index contributed by atoms with van der Waals surface area (Å²) in [5, 5.41) is 2.20. The van der Waals surface area contributed by atoms with Crippen molar-refractivity contribution in [2.75, 3.05) is 20.1 Å². The molecule has 0 spiro atoms. The summed E-state index contributed by atoms with van der Waals surface area (Å²) < 4.78 is 0. The fourth-order valence-corrected chi connectivity index (χ4v) is 2.90. The number of likely N-dealkylation sites (tertiary alicyclic amines) is 1. The second kappa shape index (κ2) is 8.23. The van der Waals surface area contributed by atoms with Gasteiger partial charge in [-0.3, -0.25) is 0 Å². The standard InChI is InChI=1S/C17H30N4/c1-4-5-9-16-14-17(21-12-7-6-8-13-21)19-15(2)10-11-18-20(16)3/h10-11,14,16,18H,4-9,12-13H2,1-3H3/b11-10-,17-14-,19-15-. The fourth-order valence-electron chi connectivity index (χ4n) is 2.90. The zero-order valence-electron chi connectivity index (χ0n) is 13.8. The number of unbranched alkanes of at least 4 members (excludes halogenated alkanes) is 1. The number of allylic oxidation sites excluding steroid dienone is 1. The molecule has 0 aliphatic carbocycles. The largest absolute Gasteiger partial charge is 0.357 e. The first kappa shape index (κ1) is 16.1. The molecule has 2 heterocycles. The normalized spacial score (nSPS) is 31.0. The zero-order valence-corrected chi connectivity index (χ0v) is 13.8. The maximum atomic E-state index is 4.86. The van der Waals surface area contributed by atoms with Crippen molar-refractivity contribution in [1.29, 1.82) is 0 Å². The molecule has 4 heteroatoms. The van der Waals surface area contributed by atoms with Crippen LogP contribution >= 0.6 is 0 Å². The monoisotopic (exact) mass is 290 g/mol. The smallest absolute Gasteiger partial charge is 0.126 e. The Labute approximate surface area is 129 Å². The molecular weight excluding hydrogens is 260 g/mol. The van der Waals surface area contributed by atoms with Crippen LogP contribution in [0.3, 0.4) is 0 Å². The van der Waals surface area contributed by atoms with Crippen molar-refractivity contribution in [2.45, 2.75) is 58.4 Å². The average Bonchev–Trinajstić information content (AvgIpc) is 2.56. The first-order valence-electron chi connectivity index (χ1n) is 8.38. The molecule has 0 aromatic heterocycles. The number of piperidine rings is 1. The molecule has 4 nitrogen and oxygen atoms in total. The summed E-state index contributed by atoms with van der Waals surface area (Å²) >= 11 is 0. The van der Waals surface area contributed by atoms with Crippen molar-refractivity contribution in [2.24, 2.45) is 4.99 Å². The highest BCUT2D eigenvalue weighted by Gasteiger charge is 2.18. The van der Waals surface area contributed by atoms with E-state index in [1.165, 1.54) is 38.5 Å². The average molecular weight is 290 g/mol. The molecular formula is C17H30N4. The third kappa shape index (κ3) is 4.88. The van der Waals surface area contributed by atoms with Crippen LogP contribution in [-0.2, 0) is 0 Å². The van der Waals surface area contributed by atoms with Gasteiger partial charge in [0.15, 0.2) is 0 Å². The molecule has 1 N–H and O–H groups in total. The highest BCUT2D eigenvalue weighted by molar-refractivity contribution is 5.93. The van der Waals surface area contributed by atoms with Crippen molar-refractivity contribution in [1.82, 2.24) is 15.3 Å². The minimum atomic E-state index is 0.390. The van der Waals surface area contributed by atoms with Crippen molar-refractivity contribution >= 4 is 5.71 Å². The van der Waals surface area contributed by atoms with Crippen molar-refractivity contribution < 1.29 is 0 Å². The SMILES string of the molecule is CCCCC1/C=C(N2CCCCC2)/N=C(C)\C=C/NN1C. The van der Waals surface area contributed by atoms with Crippen molar-refractivity contribution in [3.8, 4) is 0 Å². The van der Waals surface area contributed by atoms with E-state index in [9.17, 15) is 0 Å². The van der Waals surface area contributed by atoms with Crippen LogP contribution in [0.5, 0.6) is 0 Å². The van der Waals surface area contributed by atoms with Crippen LogP contribution in [0.4, 0.5) is 0 Å². The Morgan fingerprint density at radius 1 is 1.29 bits per heavy atom. The fraction of sp³-hybridized carbons (Fsp3) is 0.706. The van der Waals surface area contributed by atoms with Crippen LogP contribution in [0, 0.1) is 0 Å². The lowest BCUT2D eigenvalue weighted by atomic mass is 10.1. The quantitative estimate of drug-likeness (QED) is 0.862. The highest BCUT2D eigenvalue weighted by Crippen LogP contribution is 2.19. The van der Waals surface area contributed by atoms with Gasteiger partial charge in [0.1, 0.15) is 5.82 Å². The molecule has 118 valence electrons. The summed E-state index contributed by atoms with van der Waals surface area (Å²) in [6, 6.07) is 0.390. The molecule has 0 amide bonds. The number of nitrogens with one attached hydrogen (secondary N) is 1. The minimum Gasteiger partial charge on any atom is -0.357 e. The summed E-state index contributed by atoms with van der Waals surface area (Å²) in [5.74, 6) is 1.16. The number of rotatable bonds is 4. The highest BCUT2D eigenvalue weighted by atomic mass is 15.5. The molecule has 2 aliphatic heterocycles. The zero-order chi connectivity index (χ0) is 15.1. The van der Waals surface area contributed by atoms with Gasteiger partial charge in [0, 0.05) is 32.0 Å². The summed E-state index contributed by atoms with van der Waals surface area (Å²) in [5.41, 5.74) is 4.41. The molecule has 0 bridgehead atoms. The molecule has 0 saturated carbocycles. The molecule has 1 saturated heterocycles. The molecule has 0 radical (unpaired) electrons. The molecule has 1 unspecified atom stereocenters. The predicted octanol–water partition coefficient (Wildman–Crippen LogP) is 3.30. The van der Waals surface area contributed by atoms with Gasteiger partial charge in [-0.15, -0.1) is 0 Å². The number of likely N-dealkylation sites (N-methyl/N-ethyl adjacent to an activating group) is 1. The van der Waals surface area contributed by atoms with Crippen molar-refractivity contribution in [3.05, 3.63) is 24.2 Å². The second-order valence-electron chi connectivity index (χ2n) is 6.11. The van der Waals surface area contributed by atoms with E-state index in [1.807, 2.05) is 6.20 Å². The number of nitrogens with zero attached hydrogens (tertiary/aromatic N) is 3. The lowest BCUT2D eigenvalue weighted by molar-refractivity contribution is 0.210. The molecule has 0 aromatic rings. The Balaban J connectivity index is 2.23. The van der Waals surface area contributed by atoms with E-state index in [4.69, 9.17) is 4.99 Å². The number of hydrogen-bond acceptors (Lipinski definition) is 4. The number of hydrogen-bond donors (Lipinski definition) is 1. The van der Waals surface area contributed by atoms with Crippen LogP contribution in [0.15, 0.2) is 29.2 Å². The summed E-state index contributed by atoms with van der Waals surface area (Å²) in [6.45, 7) is 6.61. The molecule has 2 aliphatic rings. The lowest BCUT2D eigenvalue weighted by Gasteiger charge is -2.31. The van der Waals surface area contributed by atoms with E-state index in [1.54, 1.807) is 0 Å². The van der Waals surface area contributed by atoms with Gasteiger partial charge in [-0.1, -0.05) is 19.8 Å². The molecule has 21 heavy (non-hydrogen) atoms. The van der Waals surface area contributed by atoms with E-state index in [-0.39, 0.29) is 0 Å². The summed E-state index contributed by atoms with van der Waals surface area (Å²) in [6.07, 6.45) is 14.0. The van der Waals surface area contributed by atoms with Crippen LogP contribution in [0.25, 0.3) is 0 Å². The number of aliphatic imine (C=N–C) groups is 1.